The van der Waals surface area contributed by atoms with Crippen molar-refractivity contribution in [3.8, 4) is 0 Å². The van der Waals surface area contributed by atoms with Crippen molar-refractivity contribution in [2.45, 2.75) is 19.4 Å². The number of benzene rings is 1. The second kappa shape index (κ2) is 8.28. The molecule has 0 bridgehead atoms. The third-order valence-electron chi connectivity index (χ3n) is 5.52. The highest BCUT2D eigenvalue weighted by molar-refractivity contribution is 6.30. The standard InChI is InChI=1S/C22H21ClN4O3/c23-17-5-3-14(4-6-17)13-27-20-16(2-1-9-25-20)12-18(22(27)30)21(29)26-10-7-15(8-11-26)19(24)28/h1-6,9,12,15H,7-8,10-11,13H2,(H2,24,28). The Kier molecular flexibility index (Phi) is 5.55. The van der Waals surface area contributed by atoms with E-state index in [9.17, 15) is 14.4 Å². The first-order valence-electron chi connectivity index (χ1n) is 9.75. The van der Waals surface area contributed by atoms with Gasteiger partial charge in [-0.3, -0.25) is 19.0 Å². The number of hydrogen-bond acceptors (Lipinski definition) is 4. The number of carbonyl (C=O) groups is 2. The zero-order valence-corrected chi connectivity index (χ0v) is 17.0. The quantitative estimate of drug-likeness (QED) is 0.695. The van der Waals surface area contributed by atoms with Gasteiger partial charge in [0.2, 0.25) is 5.91 Å². The zero-order valence-electron chi connectivity index (χ0n) is 16.3. The second-order valence-electron chi connectivity index (χ2n) is 7.46. The fourth-order valence-corrected chi connectivity index (χ4v) is 3.94. The minimum atomic E-state index is -0.391. The molecule has 1 aliphatic heterocycles. The van der Waals surface area contributed by atoms with Crippen LogP contribution in [-0.2, 0) is 11.3 Å². The van der Waals surface area contributed by atoms with E-state index in [1.165, 1.54) is 4.57 Å². The number of carbonyl (C=O) groups excluding carboxylic acids is 2. The van der Waals surface area contributed by atoms with Gasteiger partial charge in [-0.1, -0.05) is 23.7 Å². The second-order valence-corrected chi connectivity index (χ2v) is 7.90. The van der Waals surface area contributed by atoms with Crippen LogP contribution >= 0.6 is 11.6 Å². The molecule has 0 radical (unpaired) electrons. The highest BCUT2D eigenvalue weighted by atomic mass is 35.5. The molecule has 0 aliphatic carbocycles. The summed E-state index contributed by atoms with van der Waals surface area (Å²) in [4.78, 5) is 43.8. The molecule has 0 saturated carbocycles. The topological polar surface area (TPSA) is 98.3 Å². The minimum absolute atomic E-state index is 0.0991. The molecule has 4 rings (SSSR count). The Hall–Kier alpha value is -3.19. The molecule has 1 fully saturated rings. The monoisotopic (exact) mass is 424 g/mol. The molecule has 1 saturated heterocycles. The summed E-state index contributed by atoms with van der Waals surface area (Å²) >= 11 is 5.96. The predicted octanol–water partition coefficient (Wildman–Crippen LogP) is 2.44. The van der Waals surface area contributed by atoms with Crippen molar-refractivity contribution < 1.29 is 9.59 Å². The van der Waals surface area contributed by atoms with E-state index in [0.717, 1.165) is 5.56 Å². The molecule has 1 aliphatic rings. The number of hydrogen-bond donors (Lipinski definition) is 1. The van der Waals surface area contributed by atoms with E-state index in [2.05, 4.69) is 4.98 Å². The van der Waals surface area contributed by atoms with Crippen LogP contribution in [0.1, 0.15) is 28.8 Å². The van der Waals surface area contributed by atoms with Gasteiger partial charge in [-0.2, -0.15) is 0 Å². The number of likely N-dealkylation sites (tertiary alicyclic amines) is 1. The lowest BCUT2D eigenvalue weighted by atomic mass is 9.96. The van der Waals surface area contributed by atoms with Crippen LogP contribution in [0.15, 0.2) is 53.5 Å². The van der Waals surface area contributed by atoms with Crippen molar-refractivity contribution in [2.24, 2.45) is 11.7 Å². The summed E-state index contributed by atoms with van der Waals surface area (Å²) in [6.07, 6.45) is 2.64. The molecular weight excluding hydrogens is 404 g/mol. The molecule has 2 amide bonds. The SMILES string of the molecule is NC(=O)C1CCN(C(=O)c2cc3cccnc3n(Cc3ccc(Cl)cc3)c2=O)CC1. The van der Waals surface area contributed by atoms with E-state index in [4.69, 9.17) is 17.3 Å². The maximum absolute atomic E-state index is 13.3. The third kappa shape index (κ3) is 3.93. The Bertz CT molecular complexity index is 1170. The van der Waals surface area contributed by atoms with Crippen molar-refractivity contribution in [2.75, 3.05) is 13.1 Å². The number of primary amides is 1. The molecule has 1 aromatic carbocycles. The fourth-order valence-electron chi connectivity index (χ4n) is 3.82. The normalized spacial score (nSPS) is 14.8. The summed E-state index contributed by atoms with van der Waals surface area (Å²) in [5.74, 6) is -0.904. The molecule has 154 valence electrons. The fraction of sp³-hybridized carbons (Fsp3) is 0.273. The summed E-state index contributed by atoms with van der Waals surface area (Å²) in [6, 6.07) is 12.4. The number of halogens is 1. The van der Waals surface area contributed by atoms with Gasteiger partial charge in [0.15, 0.2) is 0 Å². The lowest BCUT2D eigenvalue weighted by Gasteiger charge is -2.30. The van der Waals surface area contributed by atoms with E-state index < -0.39 is 5.56 Å². The Morgan fingerprint density at radius 2 is 1.83 bits per heavy atom. The molecule has 3 aromatic rings. The Labute approximate surface area is 178 Å². The highest BCUT2D eigenvalue weighted by Crippen LogP contribution is 2.20. The van der Waals surface area contributed by atoms with Crippen LogP contribution in [0, 0.1) is 5.92 Å². The van der Waals surface area contributed by atoms with Crippen LogP contribution < -0.4 is 11.3 Å². The molecular formula is C22H21ClN4O3. The van der Waals surface area contributed by atoms with Crippen LogP contribution in [0.3, 0.4) is 0 Å². The van der Waals surface area contributed by atoms with E-state index in [0.29, 0.717) is 42.0 Å². The average Bonchev–Trinajstić information content (AvgIpc) is 2.76. The van der Waals surface area contributed by atoms with Gasteiger partial charge in [0.25, 0.3) is 11.5 Å². The summed E-state index contributed by atoms with van der Waals surface area (Å²) in [6.45, 7) is 1.07. The summed E-state index contributed by atoms with van der Waals surface area (Å²) in [5, 5.41) is 1.32. The van der Waals surface area contributed by atoms with Crippen molar-refractivity contribution in [3.63, 3.8) is 0 Å². The number of nitrogens with zero attached hydrogens (tertiary/aromatic N) is 3. The van der Waals surface area contributed by atoms with Crippen LogP contribution in [0.4, 0.5) is 0 Å². The first-order chi connectivity index (χ1) is 14.4. The summed E-state index contributed by atoms with van der Waals surface area (Å²) in [7, 11) is 0. The van der Waals surface area contributed by atoms with Gasteiger partial charge in [-0.25, -0.2) is 4.98 Å². The van der Waals surface area contributed by atoms with Gasteiger partial charge >= 0.3 is 0 Å². The van der Waals surface area contributed by atoms with Gasteiger partial charge in [-0.05, 0) is 48.7 Å². The first-order valence-corrected chi connectivity index (χ1v) is 10.1. The molecule has 0 spiro atoms. The molecule has 7 nitrogen and oxygen atoms in total. The van der Waals surface area contributed by atoms with E-state index in [1.54, 1.807) is 35.4 Å². The summed E-state index contributed by atoms with van der Waals surface area (Å²) in [5.41, 5.74) is 6.48. The predicted molar refractivity (Wildman–Crippen MR) is 114 cm³/mol. The van der Waals surface area contributed by atoms with Gasteiger partial charge in [-0.15, -0.1) is 0 Å². The number of amides is 2. The molecule has 0 unspecified atom stereocenters. The number of nitrogens with two attached hydrogens (primary N) is 1. The van der Waals surface area contributed by atoms with Gasteiger partial charge in [0, 0.05) is 35.6 Å². The van der Waals surface area contributed by atoms with E-state index in [-0.39, 0.29) is 29.8 Å². The summed E-state index contributed by atoms with van der Waals surface area (Å²) < 4.78 is 1.52. The molecule has 0 atom stereocenters. The third-order valence-corrected chi connectivity index (χ3v) is 5.77. The number of fused-ring (bicyclic) bond motifs is 1. The molecule has 3 heterocycles. The lowest BCUT2D eigenvalue weighted by Crippen LogP contribution is -2.43. The van der Waals surface area contributed by atoms with Crippen LogP contribution in [0.2, 0.25) is 5.02 Å². The first kappa shape index (κ1) is 20.1. The maximum Gasteiger partial charge on any atom is 0.265 e. The smallest absolute Gasteiger partial charge is 0.265 e. The number of pyridine rings is 2. The Balaban J connectivity index is 1.71. The van der Waals surface area contributed by atoms with Gasteiger partial charge < -0.3 is 10.6 Å². The number of piperidine rings is 1. The van der Waals surface area contributed by atoms with Crippen LogP contribution in [0.25, 0.3) is 11.0 Å². The Morgan fingerprint density at radius 3 is 2.50 bits per heavy atom. The lowest BCUT2D eigenvalue weighted by molar-refractivity contribution is -0.123. The molecule has 30 heavy (non-hydrogen) atoms. The molecule has 2 aromatic heterocycles. The number of aromatic nitrogens is 2. The van der Waals surface area contributed by atoms with Crippen molar-refractivity contribution in [1.82, 2.24) is 14.5 Å². The van der Waals surface area contributed by atoms with Gasteiger partial charge in [0.1, 0.15) is 11.2 Å². The average molecular weight is 425 g/mol. The van der Waals surface area contributed by atoms with Crippen molar-refractivity contribution >= 4 is 34.4 Å². The maximum atomic E-state index is 13.3. The van der Waals surface area contributed by atoms with Crippen LogP contribution in [-0.4, -0.2) is 39.4 Å². The minimum Gasteiger partial charge on any atom is -0.369 e. The van der Waals surface area contributed by atoms with Crippen molar-refractivity contribution in [3.05, 3.63) is 75.2 Å². The number of rotatable bonds is 4. The van der Waals surface area contributed by atoms with E-state index >= 15 is 0 Å². The largest absolute Gasteiger partial charge is 0.369 e. The van der Waals surface area contributed by atoms with Crippen molar-refractivity contribution in [1.29, 1.82) is 0 Å². The van der Waals surface area contributed by atoms with Gasteiger partial charge in [0.05, 0.1) is 6.54 Å². The van der Waals surface area contributed by atoms with Crippen LogP contribution in [0.5, 0.6) is 0 Å². The van der Waals surface area contributed by atoms with E-state index in [1.807, 2.05) is 18.2 Å². The molecule has 8 heteroatoms. The molecule has 2 N–H and O–H groups in total. The zero-order chi connectivity index (χ0) is 21.3. The Morgan fingerprint density at radius 1 is 1.13 bits per heavy atom. The highest BCUT2D eigenvalue weighted by Gasteiger charge is 2.28.